The molecule has 0 amide bonds. The van der Waals surface area contributed by atoms with Crippen LogP contribution < -0.4 is 0 Å². The van der Waals surface area contributed by atoms with Gasteiger partial charge >= 0.3 is 0 Å². The van der Waals surface area contributed by atoms with Gasteiger partial charge in [0.05, 0.1) is 39.3 Å². The second kappa shape index (κ2) is 11.0. The van der Waals surface area contributed by atoms with Crippen LogP contribution in [0.2, 0.25) is 0 Å². The van der Waals surface area contributed by atoms with E-state index in [1.54, 1.807) is 0 Å². The third-order valence-electron chi connectivity index (χ3n) is 4.15. The van der Waals surface area contributed by atoms with Crippen LogP contribution in [0.25, 0.3) is 0 Å². The zero-order valence-corrected chi connectivity index (χ0v) is 14.3. The van der Waals surface area contributed by atoms with Gasteiger partial charge in [0.25, 0.3) is 0 Å². The van der Waals surface area contributed by atoms with Crippen molar-refractivity contribution in [3.63, 3.8) is 0 Å². The van der Waals surface area contributed by atoms with Crippen molar-refractivity contribution in [2.45, 2.75) is 0 Å². The van der Waals surface area contributed by atoms with E-state index in [0.717, 1.165) is 61.3 Å². The predicted octanol–water partition coefficient (Wildman–Crippen LogP) is 3.74. The first-order valence-electron chi connectivity index (χ1n) is 7.93. The van der Waals surface area contributed by atoms with Gasteiger partial charge in [0, 0.05) is 0 Å². The molecule has 0 saturated heterocycles. The minimum Gasteiger partial charge on any atom is -0.309 e. The molecule has 0 heterocycles. The van der Waals surface area contributed by atoms with E-state index < -0.39 is 0 Å². The van der Waals surface area contributed by atoms with Crippen LogP contribution in [-0.2, 0) is 0 Å². The number of quaternary nitrogens is 2. The van der Waals surface area contributed by atoms with Crippen LogP contribution in [0, 0.1) is 0 Å². The number of hydrogen-bond donors (Lipinski definition) is 0. The van der Waals surface area contributed by atoms with Gasteiger partial charge in [-0.3, -0.25) is 0 Å². The van der Waals surface area contributed by atoms with Crippen molar-refractivity contribution in [2.75, 3.05) is 52.4 Å². The van der Waals surface area contributed by atoms with Crippen LogP contribution >= 0.6 is 0 Å². The molecule has 0 aliphatic carbocycles. The molecule has 0 atom stereocenters. The number of nitrogens with zero attached hydrogens (tertiary/aromatic N) is 2. The first kappa shape index (κ1) is 20.4. The summed E-state index contributed by atoms with van der Waals surface area (Å²) in [5.74, 6) is 0. The quantitative estimate of drug-likeness (QED) is 0.319. The Morgan fingerprint density at radius 3 is 0.727 bits per heavy atom. The minimum absolute atomic E-state index is 0.919. The lowest BCUT2D eigenvalue weighted by atomic mass is 10.2. The van der Waals surface area contributed by atoms with E-state index in [-0.39, 0.29) is 0 Å². The van der Waals surface area contributed by atoms with Crippen molar-refractivity contribution >= 4 is 0 Å². The summed E-state index contributed by atoms with van der Waals surface area (Å²) in [4.78, 5) is 0. The van der Waals surface area contributed by atoms with Gasteiger partial charge in [-0.2, -0.15) is 0 Å². The second-order valence-electron chi connectivity index (χ2n) is 5.96. The molecule has 0 N–H and O–H groups in total. The third-order valence-corrected chi connectivity index (χ3v) is 4.15. The Kier molecular flexibility index (Phi) is 10.2. The van der Waals surface area contributed by atoms with E-state index in [4.69, 9.17) is 0 Å². The summed E-state index contributed by atoms with van der Waals surface area (Å²) in [6.45, 7) is 31.2. The van der Waals surface area contributed by atoms with Crippen LogP contribution in [0.1, 0.15) is 0 Å². The third kappa shape index (κ3) is 6.42. The zero-order chi connectivity index (χ0) is 16.9. The van der Waals surface area contributed by atoms with E-state index in [1.165, 1.54) is 0 Å². The molecule has 0 bridgehead atoms. The Bertz CT molecular complexity index is 301. The van der Waals surface area contributed by atoms with E-state index in [9.17, 15) is 0 Å². The molecular formula is C20H34N2+2. The Balaban J connectivity index is 5.28. The highest BCUT2D eigenvalue weighted by atomic mass is 15.4. The summed E-state index contributed by atoms with van der Waals surface area (Å²) in [6, 6.07) is 0. The maximum Gasteiger partial charge on any atom is 0.129 e. The Labute approximate surface area is 137 Å². The van der Waals surface area contributed by atoms with E-state index in [1.807, 2.05) is 36.5 Å². The first-order valence-corrected chi connectivity index (χ1v) is 7.93. The van der Waals surface area contributed by atoms with Gasteiger partial charge in [-0.1, -0.05) is 39.5 Å². The summed E-state index contributed by atoms with van der Waals surface area (Å²) in [7, 11) is 0. The van der Waals surface area contributed by atoms with Gasteiger partial charge in [-0.25, -0.2) is 0 Å². The molecule has 0 fully saturated rings. The fourth-order valence-corrected chi connectivity index (χ4v) is 3.06. The molecule has 0 aromatic rings. The minimum atomic E-state index is 0.919. The average molecular weight is 303 g/mol. The molecule has 0 aromatic carbocycles. The largest absolute Gasteiger partial charge is 0.309 e. The van der Waals surface area contributed by atoms with E-state index >= 15 is 0 Å². The van der Waals surface area contributed by atoms with Gasteiger partial charge in [-0.05, 0) is 36.5 Å². The first-order chi connectivity index (χ1) is 10.6. The van der Waals surface area contributed by atoms with Crippen molar-refractivity contribution in [2.24, 2.45) is 0 Å². The van der Waals surface area contributed by atoms with Crippen LogP contribution in [0.15, 0.2) is 75.9 Å². The molecule has 0 aliphatic heterocycles. The second-order valence-corrected chi connectivity index (χ2v) is 5.96. The summed E-state index contributed by atoms with van der Waals surface area (Å²) < 4.78 is 1.84. The Morgan fingerprint density at radius 2 is 0.591 bits per heavy atom. The van der Waals surface area contributed by atoms with Crippen molar-refractivity contribution in [3.05, 3.63) is 75.9 Å². The Hall–Kier alpha value is -1.64. The molecule has 2 nitrogen and oxygen atoms in total. The van der Waals surface area contributed by atoms with Crippen LogP contribution in [0.3, 0.4) is 0 Å². The maximum absolute atomic E-state index is 3.93. The van der Waals surface area contributed by atoms with Gasteiger partial charge in [0.2, 0.25) is 0 Å². The lowest BCUT2D eigenvalue weighted by molar-refractivity contribution is -0.966. The molecule has 0 aliphatic rings. The molecule has 2 heteroatoms. The molecule has 122 valence electrons. The van der Waals surface area contributed by atoms with Crippen LogP contribution in [0.4, 0.5) is 0 Å². The fraction of sp³-hybridized carbons (Fsp3) is 0.400. The molecule has 0 unspecified atom stereocenters. The number of hydrogen-bond acceptors (Lipinski definition) is 0. The molecule has 0 spiro atoms. The highest BCUT2D eigenvalue weighted by molar-refractivity contribution is 4.79. The van der Waals surface area contributed by atoms with Crippen molar-refractivity contribution in [1.82, 2.24) is 0 Å². The highest BCUT2D eigenvalue weighted by Gasteiger charge is 2.30. The van der Waals surface area contributed by atoms with Crippen molar-refractivity contribution in [3.8, 4) is 0 Å². The zero-order valence-electron chi connectivity index (χ0n) is 14.3. The van der Waals surface area contributed by atoms with Crippen molar-refractivity contribution < 1.29 is 8.97 Å². The van der Waals surface area contributed by atoms with Gasteiger partial charge < -0.3 is 8.97 Å². The SMILES string of the molecule is C=CC[N+](CC=C)(CC=C)CC[N+](CC=C)(CC=C)CC=C. The average Bonchev–Trinajstić information content (AvgIpc) is 2.47. The molecule has 0 radical (unpaired) electrons. The van der Waals surface area contributed by atoms with E-state index in [2.05, 4.69) is 39.5 Å². The Morgan fingerprint density at radius 1 is 0.409 bits per heavy atom. The van der Waals surface area contributed by atoms with Crippen molar-refractivity contribution in [1.29, 1.82) is 0 Å². The normalized spacial score (nSPS) is 11.5. The smallest absolute Gasteiger partial charge is 0.129 e. The topological polar surface area (TPSA) is 0 Å². The summed E-state index contributed by atoms with van der Waals surface area (Å²) in [5, 5.41) is 0. The highest BCUT2D eigenvalue weighted by Crippen LogP contribution is 2.14. The summed E-state index contributed by atoms with van der Waals surface area (Å²) >= 11 is 0. The molecule has 0 saturated carbocycles. The monoisotopic (exact) mass is 302 g/mol. The summed E-state index contributed by atoms with van der Waals surface area (Å²) in [5.41, 5.74) is 0. The lowest BCUT2D eigenvalue weighted by Gasteiger charge is -2.42. The summed E-state index contributed by atoms with van der Waals surface area (Å²) in [6.07, 6.45) is 12.0. The van der Waals surface area contributed by atoms with E-state index in [0.29, 0.717) is 0 Å². The molecule has 22 heavy (non-hydrogen) atoms. The lowest BCUT2D eigenvalue weighted by Crippen LogP contribution is -2.58. The predicted molar refractivity (Wildman–Crippen MR) is 101 cm³/mol. The standard InChI is InChI=1S/C20H34N2/c1-7-13-21(14-8-2,15-9-3)19-20-22(16-10-4,17-11-5)18-12-6/h7-12H,1-6,13-20H2/q+2. The maximum atomic E-state index is 3.93. The number of rotatable bonds is 15. The van der Waals surface area contributed by atoms with Gasteiger partial charge in [0.1, 0.15) is 13.1 Å². The molecule has 0 aromatic heterocycles. The van der Waals surface area contributed by atoms with Crippen LogP contribution in [0.5, 0.6) is 0 Å². The molecule has 0 rings (SSSR count). The van der Waals surface area contributed by atoms with Gasteiger partial charge in [0.15, 0.2) is 0 Å². The molecular weight excluding hydrogens is 268 g/mol. The fourth-order valence-electron chi connectivity index (χ4n) is 3.06. The van der Waals surface area contributed by atoms with Gasteiger partial charge in [-0.15, -0.1) is 0 Å². The van der Waals surface area contributed by atoms with Crippen LogP contribution in [-0.4, -0.2) is 61.3 Å².